The fraction of sp³-hybridized carbons (Fsp3) is 0.462. The molecule has 1 aliphatic heterocycles. The molecule has 2 atom stereocenters. The maximum Gasteiger partial charge on any atom is 0.128 e. The van der Waals surface area contributed by atoms with E-state index in [1.54, 1.807) is 26.0 Å². The molecule has 0 bridgehead atoms. The molecular formula is C13H17BrF2N2OS. The predicted molar refractivity (Wildman–Crippen MR) is 82.6 cm³/mol. The Morgan fingerprint density at radius 2 is 2.05 bits per heavy atom. The maximum absolute atomic E-state index is 13.8. The van der Waals surface area contributed by atoms with Crippen molar-refractivity contribution in [1.29, 1.82) is 0 Å². The van der Waals surface area contributed by atoms with Crippen LogP contribution in [0.15, 0.2) is 27.7 Å². The van der Waals surface area contributed by atoms with Gasteiger partial charge < -0.3 is 5.73 Å². The van der Waals surface area contributed by atoms with Crippen LogP contribution < -0.4 is 5.73 Å². The molecule has 1 heterocycles. The Labute approximate surface area is 128 Å². The van der Waals surface area contributed by atoms with Gasteiger partial charge in [0.25, 0.3) is 0 Å². The standard InChI is InChI=1S/C12H14BrFN2OS.CH3F/c1-12(2)11(15)16-10(6-18(12)17)8-5-7(13)3-4-9(8)14;1-2/h3-5,10H,6H2,1-2H3,(H2,15,16);1H3. The van der Waals surface area contributed by atoms with Crippen molar-refractivity contribution in [1.82, 2.24) is 0 Å². The van der Waals surface area contributed by atoms with Crippen molar-refractivity contribution in [2.45, 2.75) is 24.6 Å². The first-order valence-corrected chi connectivity index (χ1v) is 7.98. The van der Waals surface area contributed by atoms with Crippen LogP contribution in [0, 0.1) is 5.82 Å². The Morgan fingerprint density at radius 3 is 2.60 bits per heavy atom. The lowest BCUT2D eigenvalue weighted by molar-refractivity contribution is 0.587. The van der Waals surface area contributed by atoms with Gasteiger partial charge >= 0.3 is 0 Å². The number of nitrogens with zero attached hydrogens (tertiary/aromatic N) is 1. The van der Waals surface area contributed by atoms with Gasteiger partial charge in [-0.05, 0) is 32.0 Å². The lowest BCUT2D eigenvalue weighted by Gasteiger charge is -2.31. The van der Waals surface area contributed by atoms with Gasteiger partial charge in [-0.15, -0.1) is 0 Å². The molecule has 0 radical (unpaired) electrons. The molecule has 3 nitrogen and oxygen atoms in total. The predicted octanol–water partition coefficient (Wildman–Crippen LogP) is 3.11. The minimum absolute atomic E-state index is 0.293. The van der Waals surface area contributed by atoms with E-state index in [0.717, 1.165) is 4.47 Å². The van der Waals surface area contributed by atoms with Gasteiger partial charge in [0, 0.05) is 20.8 Å². The lowest BCUT2D eigenvalue weighted by Crippen LogP contribution is -2.47. The van der Waals surface area contributed by atoms with Gasteiger partial charge in [-0.25, -0.2) is 4.39 Å². The van der Waals surface area contributed by atoms with Crippen LogP contribution in [0.3, 0.4) is 0 Å². The van der Waals surface area contributed by atoms with Crippen LogP contribution in [0.5, 0.6) is 0 Å². The number of benzene rings is 1. The highest BCUT2D eigenvalue weighted by Gasteiger charge is 2.37. The van der Waals surface area contributed by atoms with Crippen LogP contribution in [0.4, 0.5) is 8.78 Å². The normalized spacial score (nSPS) is 24.4. The van der Waals surface area contributed by atoms with E-state index in [9.17, 15) is 13.0 Å². The first-order valence-electron chi connectivity index (χ1n) is 5.87. The van der Waals surface area contributed by atoms with E-state index in [2.05, 4.69) is 20.9 Å². The van der Waals surface area contributed by atoms with E-state index >= 15 is 0 Å². The van der Waals surface area contributed by atoms with Crippen molar-refractivity contribution in [3.63, 3.8) is 0 Å². The summed E-state index contributed by atoms with van der Waals surface area (Å²) in [6.45, 7) is 3.57. The van der Waals surface area contributed by atoms with Gasteiger partial charge in [0.2, 0.25) is 0 Å². The van der Waals surface area contributed by atoms with E-state index < -0.39 is 21.6 Å². The van der Waals surface area contributed by atoms with Crippen molar-refractivity contribution in [3.8, 4) is 0 Å². The summed E-state index contributed by atoms with van der Waals surface area (Å²) in [6, 6.07) is 4.17. The molecule has 0 amide bonds. The highest BCUT2D eigenvalue weighted by Crippen LogP contribution is 2.31. The van der Waals surface area contributed by atoms with Gasteiger partial charge in [0.1, 0.15) is 11.7 Å². The molecule has 0 saturated carbocycles. The molecule has 0 aliphatic carbocycles. The Bertz CT molecular complexity index is 549. The third kappa shape index (κ3) is 3.44. The Kier molecular flexibility index (Phi) is 5.82. The van der Waals surface area contributed by atoms with Crippen molar-refractivity contribution in [3.05, 3.63) is 34.1 Å². The first kappa shape index (κ1) is 17.2. The number of halogens is 3. The third-order valence-electron chi connectivity index (χ3n) is 3.11. The zero-order valence-corrected chi connectivity index (χ0v) is 13.9. The number of nitrogens with two attached hydrogens (primary N) is 1. The van der Waals surface area contributed by atoms with Crippen LogP contribution in [0.1, 0.15) is 25.5 Å². The molecule has 0 saturated heterocycles. The number of rotatable bonds is 1. The average molecular weight is 367 g/mol. The molecule has 0 fully saturated rings. The zero-order chi connectivity index (χ0) is 15.5. The summed E-state index contributed by atoms with van der Waals surface area (Å²) in [7, 11) is -0.664. The van der Waals surface area contributed by atoms with Gasteiger partial charge in [0.05, 0.1) is 23.7 Å². The van der Waals surface area contributed by atoms with Crippen LogP contribution in [-0.2, 0) is 10.8 Å². The second kappa shape index (κ2) is 6.76. The number of aliphatic imine (C=N–C) groups is 1. The highest BCUT2D eigenvalue weighted by molar-refractivity contribution is 9.10. The summed E-state index contributed by atoms with van der Waals surface area (Å²) in [5.74, 6) is 0.258. The van der Waals surface area contributed by atoms with Crippen LogP contribution in [0.25, 0.3) is 0 Å². The van der Waals surface area contributed by atoms with E-state index in [4.69, 9.17) is 5.73 Å². The molecular weight excluding hydrogens is 350 g/mol. The lowest BCUT2D eigenvalue weighted by atomic mass is 10.1. The van der Waals surface area contributed by atoms with Crippen molar-refractivity contribution in [2.75, 3.05) is 12.9 Å². The summed E-state index contributed by atoms with van der Waals surface area (Å²) in [5.41, 5.74) is 6.27. The fourth-order valence-electron chi connectivity index (χ4n) is 1.76. The average Bonchev–Trinajstić information content (AvgIpc) is 2.41. The molecule has 0 aromatic heterocycles. The largest absolute Gasteiger partial charge is 0.386 e. The molecule has 2 N–H and O–H groups in total. The highest BCUT2D eigenvalue weighted by atomic mass is 79.9. The van der Waals surface area contributed by atoms with Gasteiger partial charge in [-0.2, -0.15) is 0 Å². The van der Waals surface area contributed by atoms with Gasteiger partial charge in [-0.1, -0.05) is 15.9 Å². The minimum atomic E-state index is -1.16. The van der Waals surface area contributed by atoms with Crippen molar-refractivity contribution < 1.29 is 13.0 Å². The first-order chi connectivity index (χ1) is 9.32. The monoisotopic (exact) mass is 366 g/mol. The van der Waals surface area contributed by atoms with E-state index in [0.29, 0.717) is 24.3 Å². The second-order valence-electron chi connectivity index (χ2n) is 4.72. The number of hydrogen-bond acceptors (Lipinski definition) is 3. The minimum Gasteiger partial charge on any atom is -0.386 e. The molecule has 7 heteroatoms. The topological polar surface area (TPSA) is 55.4 Å². The van der Waals surface area contributed by atoms with E-state index in [1.165, 1.54) is 6.07 Å². The van der Waals surface area contributed by atoms with E-state index in [-0.39, 0.29) is 5.82 Å². The summed E-state index contributed by atoms with van der Waals surface area (Å²) < 4.78 is 35.5. The molecule has 1 aromatic carbocycles. The number of alkyl halides is 1. The molecule has 112 valence electrons. The summed E-state index contributed by atoms with van der Waals surface area (Å²) in [5, 5.41) is 0. The molecule has 1 aliphatic rings. The summed E-state index contributed by atoms with van der Waals surface area (Å²) in [6.07, 6.45) is 0. The molecule has 2 rings (SSSR count). The van der Waals surface area contributed by atoms with Gasteiger partial charge in [0.15, 0.2) is 0 Å². The van der Waals surface area contributed by atoms with Crippen molar-refractivity contribution in [2.24, 2.45) is 10.7 Å². The zero-order valence-electron chi connectivity index (χ0n) is 11.5. The third-order valence-corrected chi connectivity index (χ3v) is 5.57. The Balaban J connectivity index is 0.000000956. The van der Waals surface area contributed by atoms with Gasteiger partial charge in [-0.3, -0.25) is 13.6 Å². The number of hydrogen-bond donors (Lipinski definition) is 1. The van der Waals surface area contributed by atoms with Crippen LogP contribution >= 0.6 is 15.9 Å². The quantitative estimate of drug-likeness (QED) is 0.829. The van der Waals surface area contributed by atoms with Crippen LogP contribution in [-0.4, -0.2) is 27.7 Å². The fourth-order valence-corrected chi connectivity index (χ4v) is 3.38. The second-order valence-corrected chi connectivity index (χ2v) is 7.68. The van der Waals surface area contributed by atoms with Crippen LogP contribution in [0.2, 0.25) is 0 Å². The molecule has 0 spiro atoms. The smallest absolute Gasteiger partial charge is 0.128 e. The maximum atomic E-state index is 13.8. The molecule has 2 unspecified atom stereocenters. The van der Waals surface area contributed by atoms with E-state index in [1.807, 2.05) is 0 Å². The summed E-state index contributed by atoms with van der Waals surface area (Å²) >= 11 is 3.29. The number of amidine groups is 1. The summed E-state index contributed by atoms with van der Waals surface area (Å²) in [4.78, 5) is 4.30. The SMILES string of the molecule is CC1(C)C(N)=NC(c2cc(Br)ccc2F)CS1=O.CF. The molecule has 1 aromatic rings. The Hall–Kier alpha value is -0.820. The Morgan fingerprint density at radius 1 is 1.45 bits per heavy atom. The van der Waals surface area contributed by atoms with Crippen molar-refractivity contribution >= 4 is 32.6 Å². The molecule has 20 heavy (non-hydrogen) atoms.